The highest BCUT2D eigenvalue weighted by atomic mass is 32.2. The maximum absolute atomic E-state index is 11.9. The van der Waals surface area contributed by atoms with Gasteiger partial charge in [-0.15, -0.1) is 0 Å². The Bertz CT molecular complexity index is 535. The van der Waals surface area contributed by atoms with E-state index in [9.17, 15) is 21.6 Å². The third-order valence-electron chi connectivity index (χ3n) is 1.73. The number of nitrogens with zero attached hydrogens (tertiary/aromatic N) is 1. The topological polar surface area (TPSA) is 76.4 Å². The molecule has 1 aromatic carbocycles. The molecule has 1 rings (SSSR count). The molecular formula is C9H6F3NO4S. The Morgan fingerprint density at radius 2 is 1.78 bits per heavy atom. The molecule has 0 fully saturated rings. The molecule has 1 atom stereocenters. The zero-order valence-electron chi connectivity index (χ0n) is 8.59. The van der Waals surface area contributed by atoms with E-state index in [1.807, 2.05) is 0 Å². The van der Waals surface area contributed by atoms with Gasteiger partial charge in [-0.25, -0.2) is 0 Å². The summed E-state index contributed by atoms with van der Waals surface area (Å²) >= 11 is 0. The Kier molecular flexibility index (Phi) is 4.28. The van der Waals surface area contributed by atoms with Crippen LogP contribution in [0.5, 0.6) is 0 Å². The molecule has 9 heteroatoms. The highest BCUT2D eigenvalue weighted by Gasteiger charge is 2.49. The van der Waals surface area contributed by atoms with Crippen LogP contribution in [0.2, 0.25) is 0 Å². The minimum absolute atomic E-state index is 0.164. The molecule has 18 heavy (non-hydrogen) atoms. The third-order valence-corrected chi connectivity index (χ3v) is 2.55. The van der Waals surface area contributed by atoms with Gasteiger partial charge >= 0.3 is 15.6 Å². The van der Waals surface area contributed by atoms with Gasteiger partial charge in [0.25, 0.3) is 0 Å². The van der Waals surface area contributed by atoms with E-state index < -0.39 is 21.7 Å². The second kappa shape index (κ2) is 5.34. The summed E-state index contributed by atoms with van der Waals surface area (Å²) in [6.07, 6.45) is -1.58. The lowest BCUT2D eigenvalue weighted by Gasteiger charge is -2.11. The molecule has 0 aliphatic rings. The van der Waals surface area contributed by atoms with Crippen molar-refractivity contribution in [3.05, 3.63) is 35.9 Å². The quantitative estimate of drug-likeness (QED) is 0.479. The largest absolute Gasteiger partial charge is 0.525 e. The van der Waals surface area contributed by atoms with Crippen LogP contribution >= 0.6 is 0 Å². The van der Waals surface area contributed by atoms with Crippen LogP contribution < -0.4 is 0 Å². The lowest BCUT2D eigenvalue weighted by molar-refractivity contribution is -0.237. The van der Waals surface area contributed by atoms with Gasteiger partial charge in [0.2, 0.25) is 6.10 Å². The number of halogens is 3. The van der Waals surface area contributed by atoms with Crippen molar-refractivity contribution in [3.63, 3.8) is 0 Å². The Morgan fingerprint density at radius 1 is 1.22 bits per heavy atom. The summed E-state index contributed by atoms with van der Waals surface area (Å²) < 4.78 is 60.1. The molecule has 0 saturated carbocycles. The molecule has 1 aromatic rings. The highest BCUT2D eigenvalue weighted by Crippen LogP contribution is 2.27. The minimum Gasteiger partial charge on any atom is -0.196 e. The van der Waals surface area contributed by atoms with Crippen molar-refractivity contribution in [1.82, 2.24) is 0 Å². The Morgan fingerprint density at radius 3 is 2.22 bits per heavy atom. The fourth-order valence-corrected chi connectivity index (χ4v) is 1.17. The zero-order valence-corrected chi connectivity index (χ0v) is 9.40. The third kappa shape index (κ3) is 3.43. The smallest absolute Gasteiger partial charge is 0.196 e. The number of nitriles is 1. The van der Waals surface area contributed by atoms with E-state index in [-0.39, 0.29) is 5.56 Å². The van der Waals surface area contributed by atoms with Gasteiger partial charge in [0.05, 0.1) is 0 Å². The number of benzene rings is 1. The SMILES string of the molecule is N#CC(OOS(=O)(=O)C(F)(F)F)c1ccccc1. The van der Waals surface area contributed by atoms with Crippen molar-refractivity contribution in [1.29, 1.82) is 5.26 Å². The molecule has 0 N–H and O–H groups in total. The number of rotatable bonds is 4. The first kappa shape index (κ1) is 14.4. The molecule has 0 aromatic heterocycles. The van der Waals surface area contributed by atoms with Crippen LogP contribution in [0.15, 0.2) is 30.3 Å². The molecule has 0 bridgehead atoms. The zero-order chi connectivity index (χ0) is 13.8. The Balaban J connectivity index is 2.77. The van der Waals surface area contributed by atoms with Crippen molar-refractivity contribution in [2.24, 2.45) is 0 Å². The normalized spacial score (nSPS) is 13.9. The monoisotopic (exact) mass is 281 g/mol. The molecular weight excluding hydrogens is 275 g/mol. The molecule has 1 unspecified atom stereocenters. The van der Waals surface area contributed by atoms with Gasteiger partial charge in [-0.2, -0.15) is 31.7 Å². The van der Waals surface area contributed by atoms with Gasteiger partial charge in [-0.1, -0.05) is 34.7 Å². The molecule has 0 radical (unpaired) electrons. The van der Waals surface area contributed by atoms with Crippen molar-refractivity contribution < 1.29 is 30.8 Å². The summed E-state index contributed by atoms with van der Waals surface area (Å²) in [5, 5.41) is 8.65. The molecule has 0 aliphatic carbocycles. The molecule has 0 amide bonds. The molecule has 0 spiro atoms. The molecule has 0 aliphatic heterocycles. The van der Waals surface area contributed by atoms with Crippen LogP contribution in [0, 0.1) is 11.3 Å². The van der Waals surface area contributed by atoms with Gasteiger partial charge in [-0.3, -0.25) is 0 Å². The molecule has 98 valence electrons. The summed E-state index contributed by atoms with van der Waals surface area (Å²) in [5.41, 5.74) is -5.44. The number of hydrogen-bond donors (Lipinski definition) is 0. The fraction of sp³-hybridized carbons (Fsp3) is 0.222. The van der Waals surface area contributed by atoms with Crippen molar-refractivity contribution in [2.45, 2.75) is 11.6 Å². The molecule has 0 heterocycles. The lowest BCUT2D eigenvalue weighted by Crippen LogP contribution is -2.26. The first-order chi connectivity index (χ1) is 8.28. The van der Waals surface area contributed by atoms with E-state index in [2.05, 4.69) is 9.22 Å². The van der Waals surface area contributed by atoms with E-state index >= 15 is 0 Å². The Labute approximate surface area is 100 Å². The fourth-order valence-electron chi connectivity index (χ4n) is 0.909. The van der Waals surface area contributed by atoms with Gasteiger partial charge in [0.15, 0.2) is 0 Å². The highest BCUT2D eigenvalue weighted by molar-refractivity contribution is 7.87. The van der Waals surface area contributed by atoms with Crippen molar-refractivity contribution in [2.75, 3.05) is 0 Å². The minimum atomic E-state index is -5.88. The summed E-state index contributed by atoms with van der Waals surface area (Å²) in [4.78, 5) is 4.00. The predicted octanol–water partition coefficient (Wildman–Crippen LogP) is 2.05. The van der Waals surface area contributed by atoms with Gasteiger partial charge in [0, 0.05) is 0 Å². The summed E-state index contributed by atoms with van der Waals surface area (Å²) in [5.74, 6) is 0. The predicted molar refractivity (Wildman–Crippen MR) is 51.9 cm³/mol. The van der Waals surface area contributed by atoms with Gasteiger partial charge in [-0.05, 0) is 5.56 Å². The van der Waals surface area contributed by atoms with E-state index in [0.29, 0.717) is 0 Å². The average molecular weight is 281 g/mol. The summed E-state index contributed by atoms with van der Waals surface area (Å²) in [6, 6.07) is 8.81. The van der Waals surface area contributed by atoms with Crippen molar-refractivity contribution in [3.8, 4) is 6.07 Å². The first-order valence-corrected chi connectivity index (χ1v) is 5.79. The van der Waals surface area contributed by atoms with E-state index in [4.69, 9.17) is 5.26 Å². The van der Waals surface area contributed by atoms with E-state index in [1.165, 1.54) is 30.3 Å². The van der Waals surface area contributed by atoms with E-state index in [0.717, 1.165) is 0 Å². The molecule has 5 nitrogen and oxygen atoms in total. The molecule has 0 saturated heterocycles. The van der Waals surface area contributed by atoms with Crippen LogP contribution in [-0.2, 0) is 19.3 Å². The van der Waals surface area contributed by atoms with Crippen LogP contribution in [0.1, 0.15) is 11.7 Å². The number of alkyl halides is 3. The second-order valence-electron chi connectivity index (χ2n) is 2.98. The van der Waals surface area contributed by atoms with Crippen molar-refractivity contribution >= 4 is 10.1 Å². The Hall–Kier alpha value is -1.63. The van der Waals surface area contributed by atoms with Gasteiger partial charge < -0.3 is 0 Å². The summed E-state index contributed by atoms with van der Waals surface area (Å²) in [7, 11) is -5.88. The van der Waals surface area contributed by atoms with Crippen LogP contribution in [0.4, 0.5) is 13.2 Å². The lowest BCUT2D eigenvalue weighted by atomic mass is 10.1. The average Bonchev–Trinajstić information content (AvgIpc) is 2.29. The summed E-state index contributed by atoms with van der Waals surface area (Å²) in [6.45, 7) is 0. The second-order valence-corrected chi connectivity index (χ2v) is 4.49. The maximum atomic E-state index is 11.9. The standard InChI is InChI=1S/C9H6F3NO4S/c10-9(11,12)18(14,15)17-16-8(6-13)7-4-2-1-3-5-7/h1-5,8H. The van der Waals surface area contributed by atoms with E-state index in [1.54, 1.807) is 6.07 Å². The number of hydrogen-bond acceptors (Lipinski definition) is 5. The van der Waals surface area contributed by atoms with Crippen LogP contribution in [0.25, 0.3) is 0 Å². The maximum Gasteiger partial charge on any atom is 0.525 e. The van der Waals surface area contributed by atoms with Crippen LogP contribution in [0.3, 0.4) is 0 Å². The van der Waals surface area contributed by atoms with Crippen LogP contribution in [-0.4, -0.2) is 13.9 Å². The first-order valence-electron chi connectivity index (χ1n) is 4.39. The van der Waals surface area contributed by atoms with Gasteiger partial charge in [0.1, 0.15) is 6.07 Å².